The van der Waals surface area contributed by atoms with Crippen molar-refractivity contribution in [2.45, 2.75) is 0 Å². The zero-order chi connectivity index (χ0) is 13.3. The van der Waals surface area contributed by atoms with E-state index >= 15 is 0 Å². The van der Waals surface area contributed by atoms with E-state index in [1.54, 1.807) is 0 Å². The maximum Gasteiger partial charge on any atom is 0.299 e. The highest BCUT2D eigenvalue weighted by Gasteiger charge is 2.36. The third-order valence-electron chi connectivity index (χ3n) is 2.68. The van der Waals surface area contributed by atoms with Gasteiger partial charge in [-0.2, -0.15) is 0 Å². The third-order valence-corrected chi connectivity index (χ3v) is 2.68. The molecular formula is C11H10N2O5. The lowest BCUT2D eigenvalue weighted by Crippen LogP contribution is -2.32. The molecular weight excluding hydrogens is 240 g/mol. The van der Waals surface area contributed by atoms with E-state index in [4.69, 9.17) is 4.74 Å². The SMILES string of the molecule is COCCN1C(=O)C(=O)c2cc([N+](=O)[O-])ccc21. The van der Waals surface area contributed by atoms with Gasteiger partial charge in [0.05, 0.1) is 22.8 Å². The molecule has 7 heteroatoms. The molecule has 0 unspecified atom stereocenters. The first-order chi connectivity index (χ1) is 8.56. The van der Waals surface area contributed by atoms with Crippen LogP contribution < -0.4 is 4.90 Å². The van der Waals surface area contributed by atoms with Gasteiger partial charge in [0.25, 0.3) is 17.4 Å². The number of ketones is 1. The molecule has 0 atom stereocenters. The minimum Gasteiger partial charge on any atom is -0.383 e. The van der Waals surface area contributed by atoms with Crippen molar-refractivity contribution in [3.63, 3.8) is 0 Å². The van der Waals surface area contributed by atoms with Gasteiger partial charge in [-0.15, -0.1) is 0 Å². The quantitative estimate of drug-likeness (QED) is 0.447. The largest absolute Gasteiger partial charge is 0.383 e. The lowest BCUT2D eigenvalue weighted by Gasteiger charge is -2.15. The van der Waals surface area contributed by atoms with Gasteiger partial charge < -0.3 is 9.64 Å². The van der Waals surface area contributed by atoms with Crippen LogP contribution in [0.1, 0.15) is 10.4 Å². The first-order valence-corrected chi connectivity index (χ1v) is 5.20. The number of nitrogens with zero attached hydrogens (tertiary/aromatic N) is 2. The molecule has 7 nitrogen and oxygen atoms in total. The number of fused-ring (bicyclic) bond motifs is 1. The summed E-state index contributed by atoms with van der Waals surface area (Å²) in [5, 5.41) is 10.6. The maximum atomic E-state index is 11.7. The molecule has 0 aliphatic carbocycles. The molecule has 0 fully saturated rings. The lowest BCUT2D eigenvalue weighted by molar-refractivity contribution is -0.384. The highest BCUT2D eigenvalue weighted by Crippen LogP contribution is 2.31. The number of carbonyl (C=O) groups excluding carboxylic acids is 2. The average Bonchev–Trinajstić information content (AvgIpc) is 2.60. The van der Waals surface area contributed by atoms with Crippen LogP contribution in [-0.2, 0) is 9.53 Å². The number of nitro groups is 1. The highest BCUT2D eigenvalue weighted by atomic mass is 16.6. The first kappa shape index (κ1) is 12.2. The molecule has 0 N–H and O–H groups in total. The molecule has 0 saturated carbocycles. The zero-order valence-corrected chi connectivity index (χ0v) is 9.58. The minimum atomic E-state index is -0.718. The molecule has 94 valence electrons. The molecule has 1 aliphatic rings. The smallest absolute Gasteiger partial charge is 0.299 e. The van der Waals surface area contributed by atoms with Crippen LogP contribution in [0.4, 0.5) is 11.4 Å². The monoisotopic (exact) mass is 250 g/mol. The third kappa shape index (κ3) is 1.84. The summed E-state index contributed by atoms with van der Waals surface area (Å²) in [6.07, 6.45) is 0. The van der Waals surface area contributed by atoms with Crippen molar-refractivity contribution >= 4 is 23.1 Å². The molecule has 18 heavy (non-hydrogen) atoms. The zero-order valence-electron chi connectivity index (χ0n) is 9.58. The van der Waals surface area contributed by atoms with E-state index in [1.165, 1.54) is 24.1 Å². The summed E-state index contributed by atoms with van der Waals surface area (Å²) >= 11 is 0. The van der Waals surface area contributed by atoms with Crippen LogP contribution in [0.3, 0.4) is 0 Å². The van der Waals surface area contributed by atoms with Crippen molar-refractivity contribution < 1.29 is 19.2 Å². The summed E-state index contributed by atoms with van der Waals surface area (Å²) in [4.78, 5) is 34.7. The van der Waals surface area contributed by atoms with Crippen molar-refractivity contribution in [2.75, 3.05) is 25.2 Å². The summed E-state index contributed by atoms with van der Waals surface area (Å²) in [5.74, 6) is -1.40. The van der Waals surface area contributed by atoms with Crippen LogP contribution in [0.15, 0.2) is 18.2 Å². The number of benzene rings is 1. The molecule has 1 aromatic carbocycles. The summed E-state index contributed by atoms with van der Waals surface area (Å²) < 4.78 is 4.85. The number of nitro benzene ring substituents is 1. The number of rotatable bonds is 4. The predicted molar refractivity (Wildman–Crippen MR) is 61.7 cm³/mol. The number of Topliss-reactive ketones (excluding diaryl/α,β-unsaturated/α-hetero) is 1. The Balaban J connectivity index is 2.41. The van der Waals surface area contributed by atoms with E-state index in [-0.39, 0.29) is 24.4 Å². The van der Waals surface area contributed by atoms with Gasteiger partial charge in [-0.05, 0) is 6.07 Å². The second kappa shape index (κ2) is 4.53. The molecule has 0 radical (unpaired) electrons. The maximum absolute atomic E-state index is 11.7. The Morgan fingerprint density at radius 3 is 2.72 bits per heavy atom. The second-order valence-electron chi connectivity index (χ2n) is 3.74. The lowest BCUT2D eigenvalue weighted by atomic mass is 10.1. The molecule has 0 aromatic heterocycles. The molecule has 2 rings (SSSR count). The van der Waals surface area contributed by atoms with Gasteiger partial charge in [0.2, 0.25) is 0 Å². The van der Waals surface area contributed by atoms with E-state index < -0.39 is 16.6 Å². The minimum absolute atomic E-state index is 0.0744. The van der Waals surface area contributed by atoms with E-state index in [1.807, 2.05) is 0 Å². The Labute approximate surface area is 102 Å². The number of anilines is 1. The van der Waals surface area contributed by atoms with Crippen molar-refractivity contribution in [2.24, 2.45) is 0 Å². The summed E-state index contributed by atoms with van der Waals surface area (Å²) in [7, 11) is 1.49. The molecule has 1 aromatic rings. The fourth-order valence-electron chi connectivity index (χ4n) is 1.81. The van der Waals surface area contributed by atoms with E-state index in [0.29, 0.717) is 5.69 Å². The Morgan fingerprint density at radius 2 is 2.11 bits per heavy atom. The van der Waals surface area contributed by atoms with Crippen molar-refractivity contribution in [3.05, 3.63) is 33.9 Å². The van der Waals surface area contributed by atoms with Crippen LogP contribution in [0.5, 0.6) is 0 Å². The Hall–Kier alpha value is -2.28. The van der Waals surface area contributed by atoms with Crippen molar-refractivity contribution in [1.29, 1.82) is 0 Å². The molecule has 1 heterocycles. The number of carbonyl (C=O) groups is 2. The summed E-state index contributed by atoms with van der Waals surface area (Å²) in [5.41, 5.74) is 0.265. The highest BCUT2D eigenvalue weighted by molar-refractivity contribution is 6.52. The van der Waals surface area contributed by atoms with Gasteiger partial charge >= 0.3 is 0 Å². The van der Waals surface area contributed by atoms with Crippen LogP contribution in [-0.4, -0.2) is 36.9 Å². The van der Waals surface area contributed by atoms with Gasteiger partial charge in [-0.1, -0.05) is 0 Å². The second-order valence-corrected chi connectivity index (χ2v) is 3.74. The number of methoxy groups -OCH3 is 1. The van der Waals surface area contributed by atoms with Crippen LogP contribution in [0, 0.1) is 10.1 Å². The number of hydrogen-bond acceptors (Lipinski definition) is 5. The predicted octanol–water partition coefficient (Wildman–Crippen LogP) is 0.770. The van der Waals surface area contributed by atoms with Crippen LogP contribution in [0.25, 0.3) is 0 Å². The molecule has 0 bridgehead atoms. The van der Waals surface area contributed by atoms with Gasteiger partial charge in [-0.25, -0.2) is 0 Å². The van der Waals surface area contributed by atoms with Crippen molar-refractivity contribution in [3.8, 4) is 0 Å². The number of amides is 1. The van der Waals surface area contributed by atoms with Crippen LogP contribution >= 0.6 is 0 Å². The topological polar surface area (TPSA) is 89.8 Å². The molecule has 1 aliphatic heterocycles. The normalized spacial score (nSPS) is 13.9. The summed E-state index contributed by atoms with van der Waals surface area (Å²) in [6, 6.07) is 3.80. The number of hydrogen-bond donors (Lipinski definition) is 0. The number of non-ortho nitro benzene ring substituents is 1. The average molecular weight is 250 g/mol. The van der Waals surface area contributed by atoms with Crippen LogP contribution in [0.2, 0.25) is 0 Å². The molecule has 0 saturated heterocycles. The Kier molecular flexibility index (Phi) is 3.07. The van der Waals surface area contributed by atoms with E-state index in [2.05, 4.69) is 0 Å². The first-order valence-electron chi connectivity index (χ1n) is 5.20. The van der Waals surface area contributed by atoms with Gasteiger partial charge in [0, 0.05) is 25.8 Å². The van der Waals surface area contributed by atoms with E-state index in [9.17, 15) is 19.7 Å². The molecule has 1 amide bonds. The van der Waals surface area contributed by atoms with Gasteiger partial charge in [-0.3, -0.25) is 19.7 Å². The number of ether oxygens (including phenoxy) is 1. The fourth-order valence-corrected chi connectivity index (χ4v) is 1.81. The Morgan fingerprint density at radius 1 is 1.39 bits per heavy atom. The standard InChI is InChI=1S/C11H10N2O5/c1-18-5-4-12-9-3-2-7(13(16)17)6-8(9)10(14)11(12)15/h2-3,6H,4-5H2,1H3. The van der Waals surface area contributed by atoms with Gasteiger partial charge in [0.15, 0.2) is 0 Å². The Bertz CT molecular complexity index is 540. The molecule has 0 spiro atoms. The summed E-state index contributed by atoms with van der Waals surface area (Å²) in [6.45, 7) is 0.529. The fraction of sp³-hybridized carbons (Fsp3) is 0.273. The van der Waals surface area contributed by atoms with E-state index in [0.717, 1.165) is 6.07 Å². The van der Waals surface area contributed by atoms with Gasteiger partial charge in [0.1, 0.15) is 0 Å². The van der Waals surface area contributed by atoms with Crippen molar-refractivity contribution in [1.82, 2.24) is 0 Å².